The minimum absolute atomic E-state index is 0.0268. The fraction of sp³-hybridized carbons (Fsp3) is 0.333. The molecule has 5 heteroatoms. The van der Waals surface area contributed by atoms with E-state index in [0.29, 0.717) is 16.9 Å². The Bertz CT molecular complexity index is 848. The monoisotopic (exact) mass is 395 g/mol. The molecule has 0 atom stereocenters. The van der Waals surface area contributed by atoms with Gasteiger partial charge in [0.2, 0.25) is 0 Å². The molecule has 2 aromatic rings. The van der Waals surface area contributed by atoms with Crippen molar-refractivity contribution in [1.82, 2.24) is 4.90 Å². The lowest BCUT2D eigenvalue weighted by Crippen LogP contribution is -2.44. The van der Waals surface area contributed by atoms with E-state index in [0.717, 1.165) is 5.56 Å². The van der Waals surface area contributed by atoms with Gasteiger partial charge in [-0.25, -0.2) is 4.79 Å². The molecule has 0 spiro atoms. The minimum Gasteiger partial charge on any atom is -0.496 e. The van der Waals surface area contributed by atoms with Crippen LogP contribution < -0.4 is 4.74 Å². The van der Waals surface area contributed by atoms with Crippen molar-refractivity contribution in [3.8, 4) is 5.75 Å². The molecule has 0 radical (unpaired) electrons. The van der Waals surface area contributed by atoms with Crippen molar-refractivity contribution in [2.45, 2.75) is 39.8 Å². The van der Waals surface area contributed by atoms with Gasteiger partial charge in [0.1, 0.15) is 5.75 Å². The Morgan fingerprint density at radius 2 is 1.52 bits per heavy atom. The smallest absolute Gasteiger partial charge is 0.339 e. The third-order valence-electron chi connectivity index (χ3n) is 4.47. The number of para-hydroxylation sites is 1. The minimum atomic E-state index is -0.553. The molecule has 0 fully saturated rings. The van der Waals surface area contributed by atoms with Crippen LogP contribution in [-0.2, 0) is 14.3 Å². The van der Waals surface area contributed by atoms with Crippen molar-refractivity contribution in [1.29, 1.82) is 0 Å². The topological polar surface area (TPSA) is 55.8 Å². The molecule has 29 heavy (non-hydrogen) atoms. The van der Waals surface area contributed by atoms with E-state index >= 15 is 0 Å². The molecule has 0 N–H and O–H groups in total. The summed E-state index contributed by atoms with van der Waals surface area (Å²) >= 11 is 0. The van der Waals surface area contributed by atoms with Gasteiger partial charge in [-0.1, -0.05) is 48.5 Å². The number of carbonyl (C=O) groups excluding carboxylic acids is 2. The first kappa shape index (κ1) is 22.2. The highest BCUT2D eigenvalue weighted by molar-refractivity contribution is 6.22. The van der Waals surface area contributed by atoms with Crippen LogP contribution in [0.4, 0.5) is 0 Å². The van der Waals surface area contributed by atoms with E-state index in [-0.39, 0.29) is 24.6 Å². The Kier molecular flexibility index (Phi) is 8.01. The van der Waals surface area contributed by atoms with Gasteiger partial charge in [0, 0.05) is 17.6 Å². The zero-order chi connectivity index (χ0) is 21.4. The first-order chi connectivity index (χ1) is 13.8. The second-order valence-electron chi connectivity index (χ2n) is 7.23. The van der Waals surface area contributed by atoms with Gasteiger partial charge >= 0.3 is 5.97 Å². The number of benzene rings is 2. The standard InChI is InChI=1S/C24H29NO4/c1-17(2)25(18(3)4)23(26)16-29-24(27)21(19-11-7-6-8-12-19)15-20-13-9-10-14-22(20)28-5/h6-15,17-18H,16H2,1-5H3/b21-15+. The quantitative estimate of drug-likeness (QED) is 0.377. The lowest BCUT2D eigenvalue weighted by atomic mass is 10.0. The highest BCUT2D eigenvalue weighted by Crippen LogP contribution is 2.25. The van der Waals surface area contributed by atoms with E-state index < -0.39 is 5.97 Å². The second kappa shape index (κ2) is 10.5. The van der Waals surface area contributed by atoms with Crippen LogP contribution in [0.25, 0.3) is 11.6 Å². The molecule has 0 unspecified atom stereocenters. The summed E-state index contributed by atoms with van der Waals surface area (Å²) in [5.74, 6) is -0.119. The zero-order valence-electron chi connectivity index (χ0n) is 17.7. The number of methoxy groups -OCH3 is 1. The highest BCUT2D eigenvalue weighted by atomic mass is 16.5. The molecule has 0 aliphatic carbocycles. The number of esters is 1. The van der Waals surface area contributed by atoms with Crippen LogP contribution in [0.5, 0.6) is 5.75 Å². The van der Waals surface area contributed by atoms with Crippen molar-refractivity contribution in [3.63, 3.8) is 0 Å². The van der Waals surface area contributed by atoms with Crippen LogP contribution in [0.1, 0.15) is 38.8 Å². The van der Waals surface area contributed by atoms with Crippen LogP contribution in [0, 0.1) is 0 Å². The zero-order valence-corrected chi connectivity index (χ0v) is 17.7. The number of ether oxygens (including phenoxy) is 2. The Morgan fingerprint density at radius 1 is 0.931 bits per heavy atom. The van der Waals surface area contributed by atoms with Gasteiger partial charge < -0.3 is 14.4 Å². The Labute approximate surface area is 172 Å². The van der Waals surface area contributed by atoms with Crippen LogP contribution in [0.2, 0.25) is 0 Å². The first-order valence-electron chi connectivity index (χ1n) is 9.73. The average molecular weight is 395 g/mol. The summed E-state index contributed by atoms with van der Waals surface area (Å²) in [6.07, 6.45) is 1.73. The third kappa shape index (κ3) is 5.95. The molecule has 1 amide bonds. The fourth-order valence-electron chi connectivity index (χ4n) is 3.27. The summed E-state index contributed by atoms with van der Waals surface area (Å²) in [4.78, 5) is 27.2. The maximum Gasteiger partial charge on any atom is 0.339 e. The van der Waals surface area contributed by atoms with Gasteiger partial charge in [0.05, 0.1) is 12.7 Å². The van der Waals surface area contributed by atoms with Crippen LogP contribution >= 0.6 is 0 Å². The maximum atomic E-state index is 12.9. The molecule has 0 saturated carbocycles. The molecule has 5 nitrogen and oxygen atoms in total. The van der Waals surface area contributed by atoms with E-state index in [2.05, 4.69) is 0 Å². The number of hydrogen-bond donors (Lipinski definition) is 0. The molecule has 0 aromatic heterocycles. The average Bonchev–Trinajstić information content (AvgIpc) is 2.70. The first-order valence-corrected chi connectivity index (χ1v) is 9.73. The highest BCUT2D eigenvalue weighted by Gasteiger charge is 2.22. The predicted molar refractivity (Wildman–Crippen MR) is 115 cm³/mol. The molecule has 0 saturated heterocycles. The molecule has 2 aromatic carbocycles. The molecule has 0 heterocycles. The van der Waals surface area contributed by atoms with Gasteiger partial charge in [0.25, 0.3) is 5.91 Å². The lowest BCUT2D eigenvalue weighted by Gasteiger charge is -2.30. The summed E-state index contributed by atoms with van der Waals surface area (Å²) in [7, 11) is 1.58. The van der Waals surface area contributed by atoms with E-state index in [1.54, 1.807) is 18.1 Å². The van der Waals surface area contributed by atoms with Crippen molar-refractivity contribution < 1.29 is 19.1 Å². The Balaban J connectivity index is 2.29. The number of rotatable bonds is 8. The lowest BCUT2D eigenvalue weighted by molar-refractivity contribution is -0.149. The number of hydrogen-bond acceptors (Lipinski definition) is 4. The van der Waals surface area contributed by atoms with Gasteiger partial charge in [-0.15, -0.1) is 0 Å². The molecule has 2 rings (SSSR count). The summed E-state index contributed by atoms with van der Waals surface area (Å²) in [6.45, 7) is 7.46. The van der Waals surface area contributed by atoms with Crippen molar-refractivity contribution in [2.24, 2.45) is 0 Å². The van der Waals surface area contributed by atoms with Crippen LogP contribution in [0.3, 0.4) is 0 Å². The van der Waals surface area contributed by atoms with Crippen LogP contribution in [-0.4, -0.2) is 42.6 Å². The third-order valence-corrected chi connectivity index (χ3v) is 4.47. The largest absolute Gasteiger partial charge is 0.496 e. The van der Waals surface area contributed by atoms with E-state index in [4.69, 9.17) is 9.47 Å². The van der Waals surface area contributed by atoms with Crippen molar-refractivity contribution in [2.75, 3.05) is 13.7 Å². The molecule has 0 aliphatic heterocycles. The van der Waals surface area contributed by atoms with Crippen molar-refractivity contribution >= 4 is 23.5 Å². The molecule has 154 valence electrons. The summed E-state index contributed by atoms with van der Waals surface area (Å²) in [5, 5.41) is 0. The normalized spacial score (nSPS) is 11.5. The van der Waals surface area contributed by atoms with Gasteiger partial charge in [-0.3, -0.25) is 4.79 Å². The summed E-state index contributed by atoms with van der Waals surface area (Å²) in [5.41, 5.74) is 1.83. The van der Waals surface area contributed by atoms with Gasteiger partial charge in [-0.2, -0.15) is 0 Å². The predicted octanol–water partition coefficient (Wildman–Crippen LogP) is 4.42. The molecular formula is C24H29NO4. The molecule has 0 bridgehead atoms. The molecular weight excluding hydrogens is 366 g/mol. The van der Waals surface area contributed by atoms with Crippen molar-refractivity contribution in [3.05, 3.63) is 65.7 Å². The van der Waals surface area contributed by atoms with Crippen LogP contribution in [0.15, 0.2) is 54.6 Å². The van der Waals surface area contributed by atoms with E-state index in [1.165, 1.54) is 0 Å². The fourth-order valence-corrected chi connectivity index (χ4v) is 3.27. The van der Waals surface area contributed by atoms with E-state index in [9.17, 15) is 9.59 Å². The summed E-state index contributed by atoms with van der Waals surface area (Å²) < 4.78 is 10.8. The Morgan fingerprint density at radius 3 is 2.10 bits per heavy atom. The maximum absolute atomic E-state index is 12.9. The number of nitrogens with zero attached hydrogens (tertiary/aromatic N) is 1. The van der Waals surface area contributed by atoms with E-state index in [1.807, 2.05) is 82.3 Å². The number of amides is 1. The molecule has 0 aliphatic rings. The van der Waals surface area contributed by atoms with Gasteiger partial charge in [-0.05, 0) is 45.4 Å². The second-order valence-corrected chi connectivity index (χ2v) is 7.23. The summed E-state index contributed by atoms with van der Waals surface area (Å²) in [6, 6.07) is 16.7. The number of carbonyl (C=O) groups is 2. The Hall–Kier alpha value is -3.08. The van der Waals surface area contributed by atoms with Gasteiger partial charge in [0.15, 0.2) is 6.61 Å². The SMILES string of the molecule is COc1ccccc1/C=C(/C(=O)OCC(=O)N(C(C)C)C(C)C)c1ccccc1.